The second kappa shape index (κ2) is 8.92. The molecule has 0 heterocycles. The van der Waals surface area contributed by atoms with E-state index in [0.717, 1.165) is 6.42 Å². The van der Waals surface area contributed by atoms with Gasteiger partial charge in [-0.2, -0.15) is 0 Å². The van der Waals surface area contributed by atoms with Crippen LogP contribution in [0.2, 0.25) is 0 Å². The molecule has 118 valence electrons. The van der Waals surface area contributed by atoms with Crippen molar-refractivity contribution in [1.82, 2.24) is 10.2 Å². The lowest BCUT2D eigenvalue weighted by Gasteiger charge is -2.33. The van der Waals surface area contributed by atoms with Gasteiger partial charge in [-0.15, -0.1) is 0 Å². The SMILES string of the molecule is CC(C)OCCCNC(=O)CN(CC(=O)O)C(C)(C)C. The number of amides is 1. The highest BCUT2D eigenvalue weighted by Gasteiger charge is 2.25. The maximum Gasteiger partial charge on any atom is 0.317 e. The molecule has 0 aromatic rings. The number of hydrogen-bond donors (Lipinski definition) is 2. The van der Waals surface area contributed by atoms with Gasteiger partial charge in [-0.25, -0.2) is 0 Å². The zero-order valence-electron chi connectivity index (χ0n) is 13.2. The highest BCUT2D eigenvalue weighted by Crippen LogP contribution is 2.11. The lowest BCUT2D eigenvalue weighted by atomic mass is 10.1. The third-order valence-corrected chi connectivity index (χ3v) is 2.70. The number of carboxylic acids is 1. The van der Waals surface area contributed by atoms with Gasteiger partial charge >= 0.3 is 5.97 Å². The van der Waals surface area contributed by atoms with Gasteiger partial charge < -0.3 is 15.2 Å². The molecular formula is C14H28N2O4. The molecule has 0 atom stereocenters. The summed E-state index contributed by atoms with van der Waals surface area (Å²) >= 11 is 0. The van der Waals surface area contributed by atoms with Crippen molar-refractivity contribution >= 4 is 11.9 Å². The Morgan fingerprint density at radius 1 is 1.25 bits per heavy atom. The van der Waals surface area contributed by atoms with Crippen LogP contribution in [0.3, 0.4) is 0 Å². The second-order valence-electron chi connectivity index (χ2n) is 6.04. The smallest absolute Gasteiger partial charge is 0.317 e. The average Bonchev–Trinajstić information content (AvgIpc) is 2.25. The Bertz CT molecular complexity index is 311. The maximum atomic E-state index is 11.8. The third-order valence-electron chi connectivity index (χ3n) is 2.70. The highest BCUT2D eigenvalue weighted by molar-refractivity contribution is 5.79. The van der Waals surface area contributed by atoms with Gasteiger partial charge in [0.2, 0.25) is 5.91 Å². The highest BCUT2D eigenvalue weighted by atomic mass is 16.5. The number of aliphatic carboxylic acids is 1. The van der Waals surface area contributed by atoms with Gasteiger partial charge in [0, 0.05) is 18.7 Å². The molecular weight excluding hydrogens is 260 g/mol. The van der Waals surface area contributed by atoms with Gasteiger partial charge in [0.1, 0.15) is 0 Å². The van der Waals surface area contributed by atoms with Crippen LogP contribution >= 0.6 is 0 Å². The van der Waals surface area contributed by atoms with Crippen LogP contribution in [0.1, 0.15) is 41.0 Å². The molecule has 0 saturated heterocycles. The summed E-state index contributed by atoms with van der Waals surface area (Å²) in [6, 6.07) is 0. The van der Waals surface area contributed by atoms with E-state index in [4.69, 9.17) is 9.84 Å². The standard InChI is InChI=1S/C14H28N2O4/c1-11(2)20-8-6-7-15-12(17)9-16(10-13(18)19)14(3,4)5/h11H,6-10H2,1-5H3,(H,15,17)(H,18,19). The number of carbonyl (C=O) groups is 2. The van der Waals surface area contributed by atoms with Crippen molar-refractivity contribution in [3.63, 3.8) is 0 Å². The lowest BCUT2D eigenvalue weighted by Crippen LogP contribution is -2.49. The van der Waals surface area contributed by atoms with Gasteiger partial charge in [-0.1, -0.05) is 0 Å². The molecule has 0 radical (unpaired) electrons. The largest absolute Gasteiger partial charge is 0.480 e. The summed E-state index contributed by atoms with van der Waals surface area (Å²) in [6.45, 7) is 10.7. The summed E-state index contributed by atoms with van der Waals surface area (Å²) in [5, 5.41) is 11.6. The maximum absolute atomic E-state index is 11.8. The summed E-state index contributed by atoms with van der Waals surface area (Å²) in [4.78, 5) is 24.2. The predicted octanol–water partition coefficient (Wildman–Crippen LogP) is 1.10. The van der Waals surface area contributed by atoms with Crippen LogP contribution in [-0.4, -0.2) is 59.8 Å². The first-order valence-corrected chi connectivity index (χ1v) is 6.98. The molecule has 6 nitrogen and oxygen atoms in total. The fourth-order valence-corrected chi connectivity index (χ4v) is 1.54. The van der Waals surface area contributed by atoms with Gasteiger partial charge in [-0.05, 0) is 41.0 Å². The first kappa shape index (κ1) is 18.9. The zero-order chi connectivity index (χ0) is 15.8. The summed E-state index contributed by atoms with van der Waals surface area (Å²) in [5.41, 5.74) is -0.365. The van der Waals surface area contributed by atoms with Crippen molar-refractivity contribution in [3.05, 3.63) is 0 Å². The fraction of sp³-hybridized carbons (Fsp3) is 0.857. The molecule has 6 heteroatoms. The number of rotatable bonds is 9. The molecule has 0 saturated carbocycles. The fourth-order valence-electron chi connectivity index (χ4n) is 1.54. The van der Waals surface area contributed by atoms with Gasteiger partial charge in [-0.3, -0.25) is 14.5 Å². The molecule has 0 aliphatic heterocycles. The predicted molar refractivity (Wildman–Crippen MR) is 77.7 cm³/mol. The Morgan fingerprint density at radius 2 is 1.85 bits per heavy atom. The Balaban J connectivity index is 4.05. The monoisotopic (exact) mass is 288 g/mol. The molecule has 0 fully saturated rings. The minimum atomic E-state index is -0.932. The van der Waals surface area contributed by atoms with E-state index in [1.165, 1.54) is 0 Å². The van der Waals surface area contributed by atoms with Crippen molar-refractivity contribution in [2.24, 2.45) is 0 Å². The molecule has 2 N–H and O–H groups in total. The molecule has 0 aliphatic rings. The Hall–Kier alpha value is -1.14. The average molecular weight is 288 g/mol. The van der Waals surface area contributed by atoms with Crippen LogP contribution in [-0.2, 0) is 14.3 Å². The van der Waals surface area contributed by atoms with Gasteiger partial charge in [0.25, 0.3) is 0 Å². The second-order valence-corrected chi connectivity index (χ2v) is 6.04. The molecule has 0 aromatic carbocycles. The molecule has 0 aromatic heterocycles. The first-order chi connectivity index (χ1) is 9.12. The van der Waals surface area contributed by atoms with Crippen molar-refractivity contribution in [3.8, 4) is 0 Å². The molecule has 0 unspecified atom stereocenters. The van der Waals surface area contributed by atoms with Crippen LogP contribution in [0, 0.1) is 0 Å². The third kappa shape index (κ3) is 9.75. The van der Waals surface area contributed by atoms with E-state index in [1.54, 1.807) is 4.90 Å². The van der Waals surface area contributed by atoms with Crippen molar-refractivity contribution in [1.29, 1.82) is 0 Å². The summed E-state index contributed by atoms with van der Waals surface area (Å²) in [7, 11) is 0. The molecule has 1 amide bonds. The van der Waals surface area contributed by atoms with Crippen molar-refractivity contribution in [2.45, 2.75) is 52.7 Å². The van der Waals surface area contributed by atoms with Gasteiger partial charge in [0.15, 0.2) is 0 Å². The van der Waals surface area contributed by atoms with E-state index in [1.807, 2.05) is 34.6 Å². The van der Waals surface area contributed by atoms with Crippen molar-refractivity contribution in [2.75, 3.05) is 26.2 Å². The topological polar surface area (TPSA) is 78.9 Å². The summed E-state index contributed by atoms with van der Waals surface area (Å²) in [6.07, 6.45) is 0.941. The molecule has 20 heavy (non-hydrogen) atoms. The van der Waals surface area contributed by atoms with E-state index in [9.17, 15) is 9.59 Å². The number of carbonyl (C=O) groups excluding carboxylic acids is 1. The number of carboxylic acid groups (broad SMARTS) is 1. The quantitative estimate of drug-likeness (QED) is 0.621. The van der Waals surface area contributed by atoms with E-state index >= 15 is 0 Å². The number of hydrogen-bond acceptors (Lipinski definition) is 4. The minimum absolute atomic E-state index is 0.0842. The molecule has 0 bridgehead atoms. The van der Waals surface area contributed by atoms with E-state index in [-0.39, 0.29) is 30.6 Å². The molecule has 0 aliphatic carbocycles. The lowest BCUT2D eigenvalue weighted by molar-refractivity contribution is -0.140. The van der Waals surface area contributed by atoms with Crippen LogP contribution in [0.15, 0.2) is 0 Å². The molecule has 0 rings (SSSR count). The van der Waals surface area contributed by atoms with Crippen LogP contribution in [0.5, 0.6) is 0 Å². The molecule has 0 spiro atoms. The summed E-state index contributed by atoms with van der Waals surface area (Å²) in [5.74, 6) is -1.09. The van der Waals surface area contributed by atoms with Crippen LogP contribution < -0.4 is 5.32 Å². The van der Waals surface area contributed by atoms with E-state index < -0.39 is 5.97 Å². The number of ether oxygens (including phenoxy) is 1. The number of nitrogens with one attached hydrogen (secondary N) is 1. The van der Waals surface area contributed by atoms with Crippen LogP contribution in [0.4, 0.5) is 0 Å². The Morgan fingerprint density at radius 3 is 2.30 bits per heavy atom. The van der Waals surface area contributed by atoms with E-state index in [2.05, 4.69) is 5.32 Å². The van der Waals surface area contributed by atoms with E-state index in [0.29, 0.717) is 13.2 Å². The number of nitrogens with zero attached hydrogens (tertiary/aromatic N) is 1. The van der Waals surface area contributed by atoms with Crippen molar-refractivity contribution < 1.29 is 19.4 Å². The zero-order valence-corrected chi connectivity index (χ0v) is 13.2. The van der Waals surface area contributed by atoms with Gasteiger partial charge in [0.05, 0.1) is 19.2 Å². The normalized spacial score (nSPS) is 11.9. The Labute approximate surface area is 121 Å². The minimum Gasteiger partial charge on any atom is -0.480 e. The van der Waals surface area contributed by atoms with Crippen LogP contribution in [0.25, 0.3) is 0 Å². The first-order valence-electron chi connectivity index (χ1n) is 6.98. The Kier molecular flexibility index (Phi) is 8.41. The summed E-state index contributed by atoms with van der Waals surface area (Å²) < 4.78 is 5.37.